The molecule has 132 valence electrons. The number of hydrogen-bond acceptors (Lipinski definition) is 2. The first kappa shape index (κ1) is 18.5. The zero-order valence-electron chi connectivity index (χ0n) is 15.1. The van der Waals surface area contributed by atoms with Crippen molar-refractivity contribution in [1.82, 2.24) is 15.5 Å². The predicted octanol–water partition coefficient (Wildman–Crippen LogP) is 2.64. The Morgan fingerprint density at radius 1 is 0.960 bits per heavy atom. The number of carbonyl (C=O) groups is 1. The highest BCUT2D eigenvalue weighted by Gasteiger charge is 2.07. The summed E-state index contributed by atoms with van der Waals surface area (Å²) in [5.74, 6) is 0.789. The van der Waals surface area contributed by atoms with Crippen LogP contribution >= 0.6 is 0 Å². The largest absolute Gasteiger partial charge is 0.357 e. The second-order valence-electron chi connectivity index (χ2n) is 5.93. The number of benzene rings is 2. The van der Waals surface area contributed by atoms with Gasteiger partial charge in [0.05, 0.1) is 6.54 Å². The average molecular weight is 338 g/mol. The zero-order valence-corrected chi connectivity index (χ0v) is 15.1. The normalized spacial score (nSPS) is 11.1. The van der Waals surface area contributed by atoms with Gasteiger partial charge in [0.2, 0.25) is 0 Å². The van der Waals surface area contributed by atoms with E-state index in [-0.39, 0.29) is 5.91 Å². The SMILES string of the molecule is CCNC(=NCc1ccccc1)NCc1ccc(C(=O)N(C)C)cc1. The van der Waals surface area contributed by atoms with Gasteiger partial charge in [0, 0.05) is 32.7 Å². The summed E-state index contributed by atoms with van der Waals surface area (Å²) in [6.07, 6.45) is 0. The van der Waals surface area contributed by atoms with E-state index in [0.717, 1.165) is 18.1 Å². The Kier molecular flexibility index (Phi) is 7.01. The Balaban J connectivity index is 1.95. The molecule has 0 heterocycles. The lowest BCUT2D eigenvalue weighted by Crippen LogP contribution is -2.36. The summed E-state index contributed by atoms with van der Waals surface area (Å²) < 4.78 is 0. The van der Waals surface area contributed by atoms with Gasteiger partial charge < -0.3 is 15.5 Å². The van der Waals surface area contributed by atoms with Crippen LogP contribution in [0.4, 0.5) is 0 Å². The quantitative estimate of drug-likeness (QED) is 0.629. The Bertz CT molecular complexity index is 693. The number of guanidine groups is 1. The Morgan fingerprint density at radius 2 is 1.64 bits per heavy atom. The molecule has 0 unspecified atom stereocenters. The highest BCUT2D eigenvalue weighted by atomic mass is 16.2. The Morgan fingerprint density at radius 3 is 2.24 bits per heavy atom. The minimum absolute atomic E-state index is 0.0114. The van der Waals surface area contributed by atoms with Crippen molar-refractivity contribution in [3.63, 3.8) is 0 Å². The number of hydrogen-bond donors (Lipinski definition) is 2. The maximum atomic E-state index is 11.9. The Labute approximate surface area is 149 Å². The fourth-order valence-corrected chi connectivity index (χ4v) is 2.30. The molecule has 0 radical (unpaired) electrons. The number of aliphatic imine (C=N–C) groups is 1. The van der Waals surface area contributed by atoms with Gasteiger partial charge in [0.15, 0.2) is 5.96 Å². The summed E-state index contributed by atoms with van der Waals surface area (Å²) in [5.41, 5.74) is 2.96. The predicted molar refractivity (Wildman–Crippen MR) is 103 cm³/mol. The van der Waals surface area contributed by atoms with Crippen LogP contribution in [0.2, 0.25) is 0 Å². The molecular formula is C20H26N4O. The molecule has 2 aromatic carbocycles. The lowest BCUT2D eigenvalue weighted by atomic mass is 10.1. The molecule has 0 aliphatic rings. The van der Waals surface area contributed by atoms with E-state index in [1.165, 1.54) is 5.56 Å². The van der Waals surface area contributed by atoms with Gasteiger partial charge >= 0.3 is 0 Å². The number of amides is 1. The minimum atomic E-state index is 0.0114. The van der Waals surface area contributed by atoms with Crippen LogP contribution in [-0.4, -0.2) is 37.4 Å². The molecule has 0 saturated carbocycles. The fraction of sp³-hybridized carbons (Fsp3) is 0.300. The van der Waals surface area contributed by atoms with E-state index in [2.05, 4.69) is 27.8 Å². The average Bonchev–Trinajstić information content (AvgIpc) is 2.64. The highest BCUT2D eigenvalue weighted by molar-refractivity contribution is 5.93. The van der Waals surface area contributed by atoms with Gasteiger partial charge in [-0.1, -0.05) is 42.5 Å². The van der Waals surface area contributed by atoms with Crippen LogP contribution in [-0.2, 0) is 13.1 Å². The molecule has 0 fully saturated rings. The van der Waals surface area contributed by atoms with Gasteiger partial charge in [-0.3, -0.25) is 4.79 Å². The van der Waals surface area contributed by atoms with Gasteiger partial charge in [0.1, 0.15) is 0 Å². The number of rotatable bonds is 6. The minimum Gasteiger partial charge on any atom is -0.357 e. The third-order valence-corrected chi connectivity index (χ3v) is 3.67. The van der Waals surface area contributed by atoms with Crippen molar-refractivity contribution < 1.29 is 4.79 Å². The summed E-state index contributed by atoms with van der Waals surface area (Å²) in [6, 6.07) is 17.8. The Hall–Kier alpha value is -2.82. The van der Waals surface area contributed by atoms with Crippen molar-refractivity contribution in [3.05, 3.63) is 71.3 Å². The van der Waals surface area contributed by atoms with Crippen LogP contribution in [0.5, 0.6) is 0 Å². The van der Waals surface area contributed by atoms with Crippen molar-refractivity contribution in [1.29, 1.82) is 0 Å². The molecule has 0 bridgehead atoms. The van der Waals surface area contributed by atoms with E-state index < -0.39 is 0 Å². The van der Waals surface area contributed by atoms with E-state index in [1.54, 1.807) is 19.0 Å². The van der Waals surface area contributed by atoms with E-state index in [0.29, 0.717) is 18.7 Å². The summed E-state index contributed by atoms with van der Waals surface area (Å²) in [4.78, 5) is 18.1. The van der Waals surface area contributed by atoms with Crippen LogP contribution in [0.3, 0.4) is 0 Å². The summed E-state index contributed by atoms with van der Waals surface area (Å²) in [5, 5.41) is 6.57. The first-order valence-electron chi connectivity index (χ1n) is 8.47. The number of nitrogens with one attached hydrogen (secondary N) is 2. The zero-order chi connectivity index (χ0) is 18.1. The van der Waals surface area contributed by atoms with Crippen LogP contribution in [0.25, 0.3) is 0 Å². The maximum absolute atomic E-state index is 11.9. The molecule has 0 spiro atoms. The number of nitrogens with zero attached hydrogens (tertiary/aromatic N) is 2. The molecule has 1 amide bonds. The first-order chi connectivity index (χ1) is 12.1. The topological polar surface area (TPSA) is 56.7 Å². The number of carbonyl (C=O) groups excluding carboxylic acids is 1. The van der Waals surface area contributed by atoms with E-state index in [4.69, 9.17) is 0 Å². The van der Waals surface area contributed by atoms with E-state index >= 15 is 0 Å². The van der Waals surface area contributed by atoms with E-state index in [1.807, 2.05) is 49.4 Å². The molecule has 5 nitrogen and oxygen atoms in total. The maximum Gasteiger partial charge on any atom is 0.253 e. The second kappa shape index (κ2) is 9.47. The van der Waals surface area contributed by atoms with Crippen molar-refractivity contribution in [2.75, 3.05) is 20.6 Å². The van der Waals surface area contributed by atoms with Gasteiger partial charge in [-0.05, 0) is 30.2 Å². The van der Waals surface area contributed by atoms with Crippen LogP contribution < -0.4 is 10.6 Å². The molecule has 5 heteroatoms. The van der Waals surface area contributed by atoms with Crippen molar-refractivity contribution >= 4 is 11.9 Å². The fourth-order valence-electron chi connectivity index (χ4n) is 2.30. The molecular weight excluding hydrogens is 312 g/mol. The monoisotopic (exact) mass is 338 g/mol. The van der Waals surface area contributed by atoms with Gasteiger partial charge in [-0.15, -0.1) is 0 Å². The highest BCUT2D eigenvalue weighted by Crippen LogP contribution is 2.06. The van der Waals surface area contributed by atoms with Crippen LogP contribution in [0.15, 0.2) is 59.6 Å². The van der Waals surface area contributed by atoms with Crippen LogP contribution in [0, 0.1) is 0 Å². The smallest absolute Gasteiger partial charge is 0.253 e. The van der Waals surface area contributed by atoms with Gasteiger partial charge in [0.25, 0.3) is 5.91 Å². The molecule has 0 aliphatic heterocycles. The molecule has 2 rings (SSSR count). The van der Waals surface area contributed by atoms with Gasteiger partial charge in [-0.2, -0.15) is 0 Å². The molecule has 0 saturated heterocycles. The third kappa shape index (κ3) is 5.95. The summed E-state index contributed by atoms with van der Waals surface area (Å²) >= 11 is 0. The van der Waals surface area contributed by atoms with Crippen LogP contribution in [0.1, 0.15) is 28.4 Å². The molecule has 0 aliphatic carbocycles. The molecule has 0 atom stereocenters. The molecule has 2 aromatic rings. The molecule has 25 heavy (non-hydrogen) atoms. The lowest BCUT2D eigenvalue weighted by Gasteiger charge is -2.13. The lowest BCUT2D eigenvalue weighted by molar-refractivity contribution is 0.0827. The van der Waals surface area contributed by atoms with Crippen molar-refractivity contribution in [2.24, 2.45) is 4.99 Å². The second-order valence-corrected chi connectivity index (χ2v) is 5.93. The van der Waals surface area contributed by atoms with E-state index in [9.17, 15) is 4.79 Å². The standard InChI is InChI=1S/C20H26N4O/c1-4-21-20(22-14-16-8-6-5-7-9-16)23-15-17-10-12-18(13-11-17)19(25)24(2)3/h5-13H,4,14-15H2,1-3H3,(H2,21,22,23). The third-order valence-electron chi connectivity index (χ3n) is 3.67. The van der Waals surface area contributed by atoms with Crippen molar-refractivity contribution in [2.45, 2.75) is 20.0 Å². The summed E-state index contributed by atoms with van der Waals surface area (Å²) in [6.45, 7) is 4.13. The first-order valence-corrected chi connectivity index (χ1v) is 8.47. The van der Waals surface area contributed by atoms with Gasteiger partial charge in [-0.25, -0.2) is 4.99 Å². The van der Waals surface area contributed by atoms with Crippen molar-refractivity contribution in [3.8, 4) is 0 Å². The summed E-state index contributed by atoms with van der Waals surface area (Å²) in [7, 11) is 3.51. The molecule has 0 aromatic heterocycles. The molecule has 2 N–H and O–H groups in total.